The SMILES string of the molecule is C=CCc1cc(CN=C(NCC)NCCNC(=O)C2CC2)cc(OC)c1OC.I. The summed E-state index contributed by atoms with van der Waals surface area (Å²) in [4.78, 5) is 16.3. The van der Waals surface area contributed by atoms with Gasteiger partial charge < -0.3 is 25.4 Å². The summed E-state index contributed by atoms with van der Waals surface area (Å²) in [6.07, 6.45) is 4.56. The molecule has 29 heavy (non-hydrogen) atoms. The third kappa shape index (κ3) is 8.12. The molecular formula is C21H33IN4O3. The molecule has 0 saturated heterocycles. The van der Waals surface area contributed by atoms with Crippen molar-refractivity contribution in [3.63, 3.8) is 0 Å². The number of halogens is 1. The van der Waals surface area contributed by atoms with E-state index in [2.05, 4.69) is 33.6 Å². The summed E-state index contributed by atoms with van der Waals surface area (Å²) in [5, 5.41) is 9.41. The molecule has 0 aliphatic heterocycles. The number of allylic oxidation sites excluding steroid dienone is 1. The lowest BCUT2D eigenvalue weighted by molar-refractivity contribution is -0.122. The van der Waals surface area contributed by atoms with Crippen molar-refractivity contribution in [2.75, 3.05) is 33.9 Å². The van der Waals surface area contributed by atoms with E-state index in [0.717, 1.165) is 36.3 Å². The molecule has 1 saturated carbocycles. The Hall–Kier alpha value is -1.97. The zero-order valence-electron chi connectivity index (χ0n) is 17.5. The molecule has 0 radical (unpaired) electrons. The Kier molecular flexibility index (Phi) is 11.5. The van der Waals surface area contributed by atoms with Gasteiger partial charge in [-0.3, -0.25) is 4.79 Å². The van der Waals surface area contributed by atoms with E-state index in [-0.39, 0.29) is 35.8 Å². The van der Waals surface area contributed by atoms with Crippen LogP contribution < -0.4 is 25.4 Å². The predicted octanol–water partition coefficient (Wildman–Crippen LogP) is 2.63. The van der Waals surface area contributed by atoms with Gasteiger partial charge in [-0.05, 0) is 43.9 Å². The van der Waals surface area contributed by atoms with Crippen molar-refractivity contribution in [1.82, 2.24) is 16.0 Å². The van der Waals surface area contributed by atoms with Gasteiger partial charge in [-0.2, -0.15) is 0 Å². The number of guanidine groups is 1. The Balaban J connectivity index is 0.00000420. The number of carbonyl (C=O) groups is 1. The number of nitrogens with one attached hydrogen (secondary N) is 3. The number of rotatable bonds is 11. The summed E-state index contributed by atoms with van der Waals surface area (Å²) in [5.41, 5.74) is 2.04. The molecular weight excluding hydrogens is 483 g/mol. The van der Waals surface area contributed by atoms with Crippen LogP contribution in [0, 0.1) is 5.92 Å². The summed E-state index contributed by atoms with van der Waals surface area (Å²) >= 11 is 0. The smallest absolute Gasteiger partial charge is 0.223 e. The molecule has 1 aliphatic carbocycles. The summed E-state index contributed by atoms with van der Waals surface area (Å²) in [5.74, 6) is 2.52. The van der Waals surface area contributed by atoms with E-state index in [9.17, 15) is 4.79 Å². The van der Waals surface area contributed by atoms with Crippen molar-refractivity contribution < 1.29 is 14.3 Å². The molecule has 0 atom stereocenters. The van der Waals surface area contributed by atoms with E-state index >= 15 is 0 Å². The largest absolute Gasteiger partial charge is 0.493 e. The quantitative estimate of drug-likeness (QED) is 0.139. The average molecular weight is 516 g/mol. The van der Waals surface area contributed by atoms with Gasteiger partial charge in [0.2, 0.25) is 5.91 Å². The maximum atomic E-state index is 11.7. The fourth-order valence-electron chi connectivity index (χ4n) is 2.87. The van der Waals surface area contributed by atoms with Crippen molar-refractivity contribution in [1.29, 1.82) is 0 Å². The predicted molar refractivity (Wildman–Crippen MR) is 127 cm³/mol. The lowest BCUT2D eigenvalue weighted by atomic mass is 10.1. The van der Waals surface area contributed by atoms with Crippen molar-refractivity contribution in [3.8, 4) is 11.5 Å². The van der Waals surface area contributed by atoms with E-state index in [1.807, 2.05) is 19.1 Å². The van der Waals surface area contributed by atoms with Gasteiger partial charge in [0.1, 0.15) is 0 Å². The van der Waals surface area contributed by atoms with Crippen LogP contribution in [-0.2, 0) is 17.8 Å². The van der Waals surface area contributed by atoms with Crippen LogP contribution >= 0.6 is 24.0 Å². The number of amides is 1. The molecule has 1 amide bonds. The number of aliphatic imine (C=N–C) groups is 1. The van der Waals surface area contributed by atoms with E-state index in [0.29, 0.717) is 37.8 Å². The van der Waals surface area contributed by atoms with Crippen molar-refractivity contribution in [2.45, 2.75) is 32.7 Å². The van der Waals surface area contributed by atoms with Crippen molar-refractivity contribution >= 4 is 35.8 Å². The Morgan fingerprint density at radius 3 is 2.52 bits per heavy atom. The number of hydrogen-bond donors (Lipinski definition) is 3. The van der Waals surface area contributed by atoms with Crippen LogP contribution in [0.2, 0.25) is 0 Å². The van der Waals surface area contributed by atoms with Crippen LogP contribution in [-0.4, -0.2) is 45.7 Å². The van der Waals surface area contributed by atoms with Gasteiger partial charge >= 0.3 is 0 Å². The molecule has 1 aromatic carbocycles. The minimum atomic E-state index is 0. The molecule has 0 aromatic heterocycles. The second kappa shape index (κ2) is 13.3. The molecule has 1 aromatic rings. The van der Waals surface area contributed by atoms with E-state index in [1.54, 1.807) is 14.2 Å². The minimum Gasteiger partial charge on any atom is -0.493 e. The standard InChI is InChI=1S/C21H32N4O3.HI/c1-5-7-17-12-15(13-18(27-3)19(17)28-4)14-25-21(22-6-2)24-11-10-23-20(26)16-8-9-16;/h5,12-13,16H,1,6-11,14H2,2-4H3,(H,23,26)(H2,22,24,25);1H. The highest BCUT2D eigenvalue weighted by molar-refractivity contribution is 14.0. The van der Waals surface area contributed by atoms with Gasteiger partial charge in [0.25, 0.3) is 0 Å². The van der Waals surface area contributed by atoms with E-state index in [4.69, 9.17) is 9.47 Å². The molecule has 162 valence electrons. The van der Waals surface area contributed by atoms with Crippen LogP contribution in [0.1, 0.15) is 30.9 Å². The minimum absolute atomic E-state index is 0. The highest BCUT2D eigenvalue weighted by atomic mass is 127. The molecule has 1 aliphatic rings. The van der Waals surface area contributed by atoms with Gasteiger partial charge in [-0.1, -0.05) is 6.08 Å². The normalized spacial score (nSPS) is 13.1. The number of ether oxygens (including phenoxy) is 2. The number of carbonyl (C=O) groups excluding carboxylic acids is 1. The van der Waals surface area contributed by atoms with Crippen LogP contribution in [0.5, 0.6) is 11.5 Å². The van der Waals surface area contributed by atoms with Gasteiger partial charge in [0, 0.05) is 31.1 Å². The fraction of sp³-hybridized carbons (Fsp3) is 0.524. The summed E-state index contributed by atoms with van der Waals surface area (Å²) in [7, 11) is 3.27. The van der Waals surface area contributed by atoms with Gasteiger partial charge in [0.05, 0.1) is 20.8 Å². The Morgan fingerprint density at radius 1 is 1.21 bits per heavy atom. The molecule has 0 unspecified atom stereocenters. The average Bonchev–Trinajstić information content (AvgIpc) is 3.54. The third-order valence-electron chi connectivity index (χ3n) is 4.41. The molecule has 2 rings (SSSR count). The van der Waals surface area contributed by atoms with Crippen LogP contribution in [0.3, 0.4) is 0 Å². The Bertz CT molecular complexity index is 705. The number of nitrogens with zero attached hydrogens (tertiary/aromatic N) is 1. The molecule has 1 fully saturated rings. The van der Waals surface area contributed by atoms with Crippen LogP contribution in [0.25, 0.3) is 0 Å². The van der Waals surface area contributed by atoms with Crippen LogP contribution in [0.4, 0.5) is 0 Å². The second-order valence-electron chi connectivity index (χ2n) is 6.67. The zero-order valence-corrected chi connectivity index (χ0v) is 19.9. The Morgan fingerprint density at radius 2 is 1.93 bits per heavy atom. The highest BCUT2D eigenvalue weighted by Crippen LogP contribution is 2.33. The topological polar surface area (TPSA) is 84.0 Å². The maximum Gasteiger partial charge on any atom is 0.223 e. The summed E-state index contributed by atoms with van der Waals surface area (Å²) in [6.45, 7) is 8.29. The highest BCUT2D eigenvalue weighted by Gasteiger charge is 2.28. The van der Waals surface area contributed by atoms with Gasteiger partial charge in [0.15, 0.2) is 17.5 Å². The van der Waals surface area contributed by atoms with E-state index < -0.39 is 0 Å². The monoisotopic (exact) mass is 516 g/mol. The fourth-order valence-corrected chi connectivity index (χ4v) is 2.87. The molecule has 0 heterocycles. The lowest BCUT2D eigenvalue weighted by Gasteiger charge is -2.15. The van der Waals surface area contributed by atoms with Gasteiger partial charge in [-0.15, -0.1) is 30.6 Å². The lowest BCUT2D eigenvalue weighted by Crippen LogP contribution is -2.41. The van der Waals surface area contributed by atoms with Crippen molar-refractivity contribution in [2.24, 2.45) is 10.9 Å². The number of benzene rings is 1. The number of hydrogen-bond acceptors (Lipinski definition) is 4. The zero-order chi connectivity index (χ0) is 20.4. The maximum absolute atomic E-state index is 11.7. The first-order valence-electron chi connectivity index (χ1n) is 9.77. The first-order chi connectivity index (χ1) is 13.6. The summed E-state index contributed by atoms with van der Waals surface area (Å²) < 4.78 is 10.9. The molecule has 0 spiro atoms. The summed E-state index contributed by atoms with van der Waals surface area (Å²) in [6, 6.07) is 4.00. The molecule has 8 heteroatoms. The first-order valence-corrected chi connectivity index (χ1v) is 9.77. The Labute approximate surface area is 190 Å². The number of methoxy groups -OCH3 is 2. The molecule has 7 nitrogen and oxygen atoms in total. The molecule has 3 N–H and O–H groups in total. The van der Waals surface area contributed by atoms with Gasteiger partial charge in [-0.25, -0.2) is 4.99 Å². The second-order valence-corrected chi connectivity index (χ2v) is 6.67. The third-order valence-corrected chi connectivity index (χ3v) is 4.41. The molecule has 0 bridgehead atoms. The van der Waals surface area contributed by atoms with E-state index in [1.165, 1.54) is 0 Å². The van der Waals surface area contributed by atoms with Crippen molar-refractivity contribution in [3.05, 3.63) is 35.9 Å². The van der Waals surface area contributed by atoms with Crippen LogP contribution in [0.15, 0.2) is 29.8 Å². The first kappa shape index (κ1) is 25.1.